The maximum Gasteiger partial charge on any atom is 0.233 e. The van der Waals surface area contributed by atoms with Crippen LogP contribution in [0.3, 0.4) is 0 Å². The van der Waals surface area contributed by atoms with Gasteiger partial charge in [-0.15, -0.1) is 0 Å². The van der Waals surface area contributed by atoms with Gasteiger partial charge in [0.05, 0.1) is 27.6 Å². The number of nitrogens with zero attached hydrogens (tertiary/aromatic N) is 5. The second-order valence-electron chi connectivity index (χ2n) is 13.9. The average molecular weight is 648 g/mol. The molecule has 2 aromatic heterocycles. The normalized spacial score (nSPS) is 18.9. The van der Waals surface area contributed by atoms with Crippen molar-refractivity contribution >= 4 is 61.6 Å². The van der Waals surface area contributed by atoms with Crippen LogP contribution in [0, 0.1) is 0 Å². The number of fused-ring (bicyclic) bond motifs is 7. The van der Waals surface area contributed by atoms with Gasteiger partial charge in [-0.1, -0.05) is 135 Å². The minimum absolute atomic E-state index is 0.346. The molecule has 5 aromatic carbocycles. The molecule has 0 bridgehead atoms. The Morgan fingerprint density at radius 1 is 0.600 bits per heavy atom. The minimum Gasteiger partial charge on any atom is -0.307 e. The van der Waals surface area contributed by atoms with E-state index >= 15 is 0 Å². The van der Waals surface area contributed by atoms with Crippen molar-refractivity contribution in [1.29, 1.82) is 0 Å². The first-order valence-electron chi connectivity index (χ1n) is 17.9. The standard InChI is InChI=1S/C45H37N5/c1-4-14-31(15-5-1)32-22-24-33(25-23-32)43-46-30-45(28-12-3-13-29-45)48-44(47-43)50-40-21-11-9-19-36(40)38-27-26-37-35-18-8-10-20-39(35)49(41(37)42(38)50)34-16-6-2-7-17-34/h1-2,4-11,14-22,24-27,30,32H,3,12-13,23,28-29H2. The summed E-state index contributed by atoms with van der Waals surface area (Å²) in [5.41, 5.74) is 7.70. The zero-order chi connectivity index (χ0) is 33.1. The molecule has 0 saturated heterocycles. The van der Waals surface area contributed by atoms with Crippen molar-refractivity contribution in [1.82, 2.24) is 9.13 Å². The molecule has 5 heteroatoms. The van der Waals surface area contributed by atoms with Gasteiger partial charge in [0.15, 0.2) is 5.84 Å². The topological polar surface area (TPSA) is 46.9 Å². The van der Waals surface area contributed by atoms with Crippen LogP contribution in [0.25, 0.3) is 49.3 Å². The van der Waals surface area contributed by atoms with Gasteiger partial charge >= 0.3 is 0 Å². The van der Waals surface area contributed by atoms with Crippen LogP contribution in [0.2, 0.25) is 0 Å². The number of rotatable bonds is 3. The molecule has 1 fully saturated rings. The number of allylic oxidation sites excluding steroid dienone is 2. The smallest absolute Gasteiger partial charge is 0.233 e. The molecule has 0 N–H and O–H groups in total. The van der Waals surface area contributed by atoms with E-state index in [2.05, 4.69) is 155 Å². The fourth-order valence-corrected chi connectivity index (χ4v) is 8.49. The lowest BCUT2D eigenvalue weighted by molar-refractivity contribution is 0.389. The number of aliphatic imine (C=N–C) groups is 3. The van der Waals surface area contributed by atoms with E-state index in [-0.39, 0.29) is 5.54 Å². The molecule has 50 heavy (non-hydrogen) atoms. The summed E-state index contributed by atoms with van der Waals surface area (Å²) in [6, 6.07) is 43.5. The summed E-state index contributed by atoms with van der Waals surface area (Å²) < 4.78 is 4.77. The molecule has 2 aliphatic carbocycles. The van der Waals surface area contributed by atoms with E-state index < -0.39 is 0 Å². The molecule has 10 rings (SSSR count). The molecule has 3 aliphatic rings. The van der Waals surface area contributed by atoms with Gasteiger partial charge in [0, 0.05) is 44.9 Å². The van der Waals surface area contributed by atoms with E-state index in [0.717, 1.165) is 65.8 Å². The highest BCUT2D eigenvalue weighted by molar-refractivity contribution is 6.27. The number of hydrogen-bond donors (Lipinski definition) is 0. The minimum atomic E-state index is -0.387. The summed E-state index contributed by atoms with van der Waals surface area (Å²) in [6.07, 6.45) is 15.3. The van der Waals surface area contributed by atoms with Gasteiger partial charge in [-0.05, 0) is 49.1 Å². The summed E-state index contributed by atoms with van der Waals surface area (Å²) in [6.45, 7) is 0. The van der Waals surface area contributed by atoms with E-state index in [1.807, 2.05) is 0 Å². The van der Waals surface area contributed by atoms with Crippen LogP contribution < -0.4 is 0 Å². The first-order chi connectivity index (χ1) is 24.8. The van der Waals surface area contributed by atoms with Gasteiger partial charge < -0.3 is 4.57 Å². The van der Waals surface area contributed by atoms with Crippen LogP contribution in [0.1, 0.15) is 50.0 Å². The van der Waals surface area contributed by atoms with Gasteiger partial charge in [0.1, 0.15) is 0 Å². The van der Waals surface area contributed by atoms with E-state index in [1.165, 1.54) is 39.0 Å². The van der Waals surface area contributed by atoms with Crippen LogP contribution in [0.15, 0.2) is 160 Å². The highest BCUT2D eigenvalue weighted by Crippen LogP contribution is 2.41. The number of para-hydroxylation sites is 3. The zero-order valence-corrected chi connectivity index (χ0v) is 27.9. The van der Waals surface area contributed by atoms with Gasteiger partial charge in [-0.25, -0.2) is 9.98 Å². The molecule has 0 amide bonds. The molecular weight excluding hydrogens is 611 g/mol. The van der Waals surface area contributed by atoms with E-state index in [1.54, 1.807) is 0 Å². The Bertz CT molecular complexity index is 2590. The van der Waals surface area contributed by atoms with Gasteiger partial charge in [-0.3, -0.25) is 4.57 Å². The SMILES string of the molecule is C1=CC(c2ccccc2)CC=C1C1=NC(n2c3ccccc3c3ccc4c5ccccc5n(-c5ccccc5)c4c32)=NC2(C=N1)CCCCC2. The maximum atomic E-state index is 5.66. The monoisotopic (exact) mass is 647 g/mol. The predicted molar refractivity (Wildman–Crippen MR) is 209 cm³/mol. The second-order valence-corrected chi connectivity index (χ2v) is 13.9. The number of aromatic nitrogens is 2. The lowest BCUT2D eigenvalue weighted by Crippen LogP contribution is -2.33. The predicted octanol–water partition coefficient (Wildman–Crippen LogP) is 11.0. The third-order valence-corrected chi connectivity index (χ3v) is 10.9. The molecule has 242 valence electrons. The molecule has 1 atom stereocenters. The van der Waals surface area contributed by atoms with E-state index in [4.69, 9.17) is 15.0 Å². The van der Waals surface area contributed by atoms with Crippen LogP contribution >= 0.6 is 0 Å². The summed E-state index contributed by atoms with van der Waals surface area (Å²) in [5.74, 6) is 1.79. The summed E-state index contributed by atoms with van der Waals surface area (Å²) in [7, 11) is 0. The second kappa shape index (κ2) is 11.7. The Morgan fingerprint density at radius 3 is 1.90 bits per heavy atom. The van der Waals surface area contributed by atoms with Crippen LogP contribution in [0.4, 0.5) is 0 Å². The third-order valence-electron chi connectivity index (χ3n) is 10.9. The fourth-order valence-electron chi connectivity index (χ4n) is 8.49. The van der Waals surface area contributed by atoms with Crippen molar-refractivity contribution in [2.24, 2.45) is 15.0 Å². The molecule has 1 saturated carbocycles. The van der Waals surface area contributed by atoms with E-state index in [0.29, 0.717) is 11.9 Å². The van der Waals surface area contributed by atoms with Gasteiger partial charge in [-0.2, -0.15) is 4.99 Å². The van der Waals surface area contributed by atoms with Gasteiger partial charge in [0.2, 0.25) is 5.96 Å². The summed E-state index contributed by atoms with van der Waals surface area (Å²) in [4.78, 5) is 16.3. The Labute approximate surface area is 291 Å². The van der Waals surface area contributed by atoms with Crippen molar-refractivity contribution in [3.63, 3.8) is 0 Å². The van der Waals surface area contributed by atoms with Crippen LogP contribution in [0.5, 0.6) is 0 Å². The molecule has 7 aromatic rings. The maximum absolute atomic E-state index is 5.66. The largest absolute Gasteiger partial charge is 0.307 e. The first kappa shape index (κ1) is 29.1. The Hall–Kier alpha value is -5.81. The highest BCUT2D eigenvalue weighted by Gasteiger charge is 2.34. The molecule has 5 nitrogen and oxygen atoms in total. The van der Waals surface area contributed by atoms with Crippen molar-refractivity contribution in [3.8, 4) is 5.69 Å². The summed E-state index contributed by atoms with van der Waals surface area (Å²) in [5, 5.41) is 4.83. The molecule has 1 unspecified atom stereocenters. The van der Waals surface area contributed by atoms with Crippen LogP contribution in [-0.2, 0) is 0 Å². The Kier molecular flexibility index (Phi) is 6.80. The Balaban J connectivity index is 1.25. The molecule has 3 heterocycles. The number of hydrogen-bond acceptors (Lipinski definition) is 3. The van der Waals surface area contributed by atoms with Crippen LogP contribution in [-0.4, -0.2) is 32.7 Å². The quantitative estimate of drug-likeness (QED) is 0.183. The zero-order valence-electron chi connectivity index (χ0n) is 27.9. The van der Waals surface area contributed by atoms with Crippen molar-refractivity contribution in [2.45, 2.75) is 50.0 Å². The number of benzene rings is 5. The molecular formula is C45H37N5. The van der Waals surface area contributed by atoms with E-state index in [9.17, 15) is 0 Å². The lowest BCUT2D eigenvalue weighted by Gasteiger charge is -2.29. The molecule has 1 aliphatic heterocycles. The van der Waals surface area contributed by atoms with Gasteiger partial charge in [0.25, 0.3) is 0 Å². The fraction of sp³-hybridized carbons (Fsp3) is 0.178. The Morgan fingerprint density at radius 2 is 1.22 bits per heavy atom. The van der Waals surface area contributed by atoms with Crippen molar-refractivity contribution in [3.05, 3.63) is 151 Å². The highest BCUT2D eigenvalue weighted by atomic mass is 15.2. The van der Waals surface area contributed by atoms with Crippen molar-refractivity contribution < 1.29 is 0 Å². The molecule has 0 radical (unpaired) electrons. The van der Waals surface area contributed by atoms with Crippen molar-refractivity contribution in [2.75, 3.05) is 0 Å². The third kappa shape index (κ3) is 4.64. The summed E-state index contributed by atoms with van der Waals surface area (Å²) >= 11 is 0. The first-order valence-corrected chi connectivity index (χ1v) is 17.9. The number of amidine groups is 1. The molecule has 1 spiro atoms. The average Bonchev–Trinajstić information content (AvgIpc) is 3.64. The lowest BCUT2D eigenvalue weighted by atomic mass is 9.83.